The van der Waals surface area contributed by atoms with Crippen LogP contribution in [-0.2, 0) is 9.53 Å². The largest absolute Gasteiger partial charge is 0.370 e. The van der Waals surface area contributed by atoms with Crippen LogP contribution in [0.5, 0.6) is 0 Å². The number of hydrogen-bond acceptors (Lipinski definition) is 3. The van der Waals surface area contributed by atoms with E-state index in [2.05, 4.69) is 5.32 Å². The molecule has 0 aliphatic carbocycles. The fraction of sp³-hybridized carbons (Fsp3) is 0.429. The first-order valence-corrected chi connectivity index (χ1v) is 6.47. The molecule has 1 aromatic rings. The zero-order chi connectivity index (χ0) is 13.7. The summed E-state index contributed by atoms with van der Waals surface area (Å²) in [5.74, 6) is -0.235. The van der Waals surface area contributed by atoms with E-state index in [0.717, 1.165) is 18.0 Å². The van der Waals surface area contributed by atoms with Crippen molar-refractivity contribution in [2.24, 2.45) is 0 Å². The van der Waals surface area contributed by atoms with Gasteiger partial charge in [0.25, 0.3) is 0 Å². The number of amides is 1. The Bertz CT molecular complexity index is 441. The number of quaternary nitrogens is 1. The number of carbonyl (C=O) groups is 2. The lowest BCUT2D eigenvalue weighted by molar-refractivity contribution is -0.925. The number of morpholine rings is 1. The minimum absolute atomic E-state index is 0.0484. The summed E-state index contributed by atoms with van der Waals surface area (Å²) < 4.78 is 5.30. The van der Waals surface area contributed by atoms with Gasteiger partial charge in [-0.05, 0) is 0 Å². The Morgan fingerprint density at radius 3 is 2.42 bits per heavy atom. The molecule has 0 saturated carbocycles. The van der Waals surface area contributed by atoms with Crippen LogP contribution in [0.25, 0.3) is 0 Å². The third kappa shape index (κ3) is 3.62. The Labute approximate surface area is 112 Å². The van der Waals surface area contributed by atoms with Crippen LogP contribution in [0.3, 0.4) is 0 Å². The van der Waals surface area contributed by atoms with Gasteiger partial charge in [-0.3, -0.25) is 9.59 Å². The molecule has 19 heavy (non-hydrogen) atoms. The van der Waals surface area contributed by atoms with Gasteiger partial charge in [0.05, 0.1) is 13.2 Å². The SMILES string of the molecule is CC(=O)N[C@@H](C(=O)c1ccccc1)[NH+]1CCOCC1. The van der Waals surface area contributed by atoms with Crippen molar-refractivity contribution in [3.63, 3.8) is 0 Å². The van der Waals surface area contributed by atoms with Crippen molar-refractivity contribution in [1.29, 1.82) is 0 Å². The molecule has 1 amide bonds. The lowest BCUT2D eigenvalue weighted by Gasteiger charge is -2.30. The number of hydrogen-bond donors (Lipinski definition) is 2. The normalized spacial score (nSPS) is 17.7. The molecule has 1 heterocycles. The van der Waals surface area contributed by atoms with Crippen LogP contribution in [0, 0.1) is 0 Å². The lowest BCUT2D eigenvalue weighted by atomic mass is 10.1. The van der Waals surface area contributed by atoms with Gasteiger partial charge in [0.2, 0.25) is 17.9 Å². The first kappa shape index (κ1) is 13.7. The zero-order valence-electron chi connectivity index (χ0n) is 11.0. The van der Waals surface area contributed by atoms with Crippen molar-refractivity contribution in [2.75, 3.05) is 26.3 Å². The molecule has 1 aliphatic rings. The molecule has 5 heteroatoms. The standard InChI is InChI=1S/C14H18N2O3/c1-11(17)15-14(16-7-9-19-10-8-16)13(18)12-5-3-2-4-6-12/h2-6,14H,7-10H2,1H3,(H,15,17)/p+1/t14-/m1/s1. The Kier molecular flexibility index (Phi) is 4.65. The van der Waals surface area contributed by atoms with Gasteiger partial charge in [0.15, 0.2) is 0 Å². The van der Waals surface area contributed by atoms with Crippen LogP contribution in [0.4, 0.5) is 0 Å². The molecule has 1 aromatic carbocycles. The summed E-state index contributed by atoms with van der Waals surface area (Å²) in [6.45, 7) is 4.12. The minimum atomic E-state index is -0.524. The molecule has 102 valence electrons. The molecule has 0 unspecified atom stereocenters. The van der Waals surface area contributed by atoms with E-state index in [4.69, 9.17) is 4.74 Å². The molecule has 1 aliphatic heterocycles. The number of carbonyl (C=O) groups excluding carboxylic acids is 2. The van der Waals surface area contributed by atoms with E-state index in [-0.39, 0.29) is 11.7 Å². The Morgan fingerprint density at radius 2 is 1.84 bits per heavy atom. The molecular weight excluding hydrogens is 244 g/mol. The van der Waals surface area contributed by atoms with E-state index < -0.39 is 6.17 Å². The van der Waals surface area contributed by atoms with Gasteiger partial charge < -0.3 is 15.0 Å². The van der Waals surface area contributed by atoms with Crippen molar-refractivity contribution in [3.8, 4) is 0 Å². The van der Waals surface area contributed by atoms with Gasteiger partial charge in [0, 0.05) is 12.5 Å². The third-order valence-corrected chi connectivity index (χ3v) is 3.21. The summed E-state index contributed by atoms with van der Waals surface area (Å²) in [5.41, 5.74) is 0.625. The Balaban J connectivity index is 2.16. The Morgan fingerprint density at radius 1 is 1.21 bits per heavy atom. The molecule has 0 radical (unpaired) electrons. The van der Waals surface area contributed by atoms with Crippen LogP contribution in [0.15, 0.2) is 30.3 Å². The van der Waals surface area contributed by atoms with Crippen molar-refractivity contribution in [3.05, 3.63) is 35.9 Å². The average molecular weight is 263 g/mol. The van der Waals surface area contributed by atoms with Crippen molar-refractivity contribution >= 4 is 11.7 Å². The van der Waals surface area contributed by atoms with Crippen LogP contribution < -0.4 is 10.2 Å². The number of benzene rings is 1. The molecule has 1 saturated heterocycles. The van der Waals surface area contributed by atoms with Gasteiger partial charge in [-0.15, -0.1) is 0 Å². The maximum absolute atomic E-state index is 12.5. The summed E-state index contributed by atoms with van der Waals surface area (Å²) in [6, 6.07) is 9.07. The highest BCUT2D eigenvalue weighted by Crippen LogP contribution is 2.01. The molecule has 0 spiro atoms. The maximum Gasteiger partial charge on any atom is 0.241 e. The highest BCUT2D eigenvalue weighted by Gasteiger charge is 2.32. The summed E-state index contributed by atoms with van der Waals surface area (Å²) in [4.78, 5) is 24.9. The number of rotatable bonds is 4. The number of Topliss-reactive ketones (excluding diaryl/α,β-unsaturated/α-hetero) is 1. The summed E-state index contributed by atoms with van der Waals surface area (Å²) in [7, 11) is 0. The van der Waals surface area contributed by atoms with Crippen molar-refractivity contribution < 1.29 is 19.2 Å². The van der Waals surface area contributed by atoms with Crippen molar-refractivity contribution in [1.82, 2.24) is 5.32 Å². The molecule has 1 atom stereocenters. The first-order valence-electron chi connectivity index (χ1n) is 6.47. The second-order valence-corrected chi connectivity index (χ2v) is 4.63. The highest BCUT2D eigenvalue weighted by molar-refractivity contribution is 6.00. The van der Waals surface area contributed by atoms with E-state index in [1.165, 1.54) is 6.92 Å². The van der Waals surface area contributed by atoms with Crippen LogP contribution in [-0.4, -0.2) is 44.2 Å². The summed E-state index contributed by atoms with van der Waals surface area (Å²) in [5, 5.41) is 2.77. The van der Waals surface area contributed by atoms with Crippen LogP contribution in [0.2, 0.25) is 0 Å². The minimum Gasteiger partial charge on any atom is -0.370 e. The van der Waals surface area contributed by atoms with E-state index in [9.17, 15) is 9.59 Å². The van der Waals surface area contributed by atoms with Crippen LogP contribution >= 0.6 is 0 Å². The van der Waals surface area contributed by atoms with E-state index in [1.54, 1.807) is 12.1 Å². The fourth-order valence-electron chi connectivity index (χ4n) is 2.25. The second kappa shape index (κ2) is 6.45. The van der Waals surface area contributed by atoms with Gasteiger partial charge in [-0.2, -0.15) is 0 Å². The molecule has 0 aromatic heterocycles. The van der Waals surface area contributed by atoms with E-state index >= 15 is 0 Å². The summed E-state index contributed by atoms with van der Waals surface area (Å²) in [6.07, 6.45) is -0.524. The molecule has 5 nitrogen and oxygen atoms in total. The summed E-state index contributed by atoms with van der Waals surface area (Å²) >= 11 is 0. The van der Waals surface area contributed by atoms with Gasteiger partial charge in [-0.1, -0.05) is 30.3 Å². The molecular formula is C14H19N2O3+. The molecule has 2 N–H and O–H groups in total. The van der Waals surface area contributed by atoms with Gasteiger partial charge in [0.1, 0.15) is 13.1 Å². The zero-order valence-corrected chi connectivity index (χ0v) is 11.0. The van der Waals surface area contributed by atoms with E-state index in [0.29, 0.717) is 18.8 Å². The molecule has 0 bridgehead atoms. The lowest BCUT2D eigenvalue weighted by Crippen LogP contribution is -3.20. The topological polar surface area (TPSA) is 59.8 Å². The van der Waals surface area contributed by atoms with E-state index in [1.807, 2.05) is 18.2 Å². The first-order chi connectivity index (χ1) is 9.18. The maximum atomic E-state index is 12.5. The predicted molar refractivity (Wildman–Crippen MR) is 69.9 cm³/mol. The Hall–Kier alpha value is -1.72. The second-order valence-electron chi connectivity index (χ2n) is 4.63. The monoisotopic (exact) mass is 263 g/mol. The van der Waals surface area contributed by atoms with Crippen LogP contribution in [0.1, 0.15) is 17.3 Å². The quantitative estimate of drug-likeness (QED) is 0.703. The number of ether oxygens (including phenoxy) is 1. The molecule has 1 fully saturated rings. The molecule has 2 rings (SSSR count). The number of nitrogens with one attached hydrogen (secondary N) is 2. The number of ketones is 1. The predicted octanol–water partition coefficient (Wildman–Crippen LogP) is -0.753. The third-order valence-electron chi connectivity index (χ3n) is 3.21. The fourth-order valence-corrected chi connectivity index (χ4v) is 2.25. The van der Waals surface area contributed by atoms with Crippen molar-refractivity contribution in [2.45, 2.75) is 13.1 Å². The average Bonchev–Trinajstić information content (AvgIpc) is 2.46. The highest BCUT2D eigenvalue weighted by atomic mass is 16.5. The smallest absolute Gasteiger partial charge is 0.241 e. The van der Waals surface area contributed by atoms with Gasteiger partial charge in [-0.25, -0.2) is 0 Å². The van der Waals surface area contributed by atoms with Gasteiger partial charge >= 0.3 is 0 Å².